The summed E-state index contributed by atoms with van der Waals surface area (Å²) in [5.74, 6) is 0. The van der Waals surface area contributed by atoms with Crippen LogP contribution >= 0.6 is 11.3 Å². The summed E-state index contributed by atoms with van der Waals surface area (Å²) in [6.07, 6.45) is 0. The van der Waals surface area contributed by atoms with Crippen LogP contribution in [0.3, 0.4) is 0 Å². The number of para-hydroxylation sites is 2. The molecule has 9 aromatic carbocycles. The minimum Gasteiger partial charge on any atom is -0.439 e. The molecule has 2 aliphatic carbocycles. The molecule has 4 aromatic heterocycles. The highest BCUT2D eigenvalue weighted by molar-refractivity contribution is 7.26. The van der Waals surface area contributed by atoms with Crippen molar-refractivity contribution >= 4 is 86.2 Å². The van der Waals surface area contributed by atoms with Crippen molar-refractivity contribution in [3.8, 4) is 39.2 Å². The molecule has 4 heteroatoms. The molecule has 0 unspecified atom stereocenters. The molecule has 62 heavy (non-hydrogen) atoms. The van der Waals surface area contributed by atoms with E-state index >= 15 is 0 Å². The Bertz CT molecular complexity index is 4080. The fourth-order valence-electron chi connectivity index (χ4n) is 11.6. The normalized spacial score (nSPS) is 13.6. The van der Waals surface area contributed by atoms with Gasteiger partial charge in [-0.15, -0.1) is 11.3 Å². The number of thiophene rings is 1. The van der Waals surface area contributed by atoms with Crippen molar-refractivity contribution in [2.45, 2.75) is 5.41 Å². The highest BCUT2D eigenvalue weighted by atomic mass is 32.1. The first kappa shape index (κ1) is 33.0. The van der Waals surface area contributed by atoms with Gasteiger partial charge in [0.25, 0.3) is 0 Å². The smallest absolute Gasteiger partial charge is 0.213 e. The van der Waals surface area contributed by atoms with E-state index in [-0.39, 0.29) is 0 Å². The first-order chi connectivity index (χ1) is 30.8. The molecule has 0 amide bonds. The number of pyridine rings is 1. The molecule has 2 aliphatic rings. The topological polar surface area (TPSA) is 31.0 Å². The number of nitrogens with zero attached hydrogens (tertiary/aromatic N) is 2. The average Bonchev–Trinajstić information content (AvgIpc) is 4.12. The van der Waals surface area contributed by atoms with E-state index in [1.54, 1.807) is 0 Å². The number of hydrogen-bond acceptors (Lipinski definition) is 3. The van der Waals surface area contributed by atoms with E-state index in [0.29, 0.717) is 0 Å². The van der Waals surface area contributed by atoms with E-state index in [4.69, 9.17) is 9.40 Å². The Balaban J connectivity index is 1.02. The first-order valence-electron chi connectivity index (χ1n) is 21.3. The first-order valence-corrected chi connectivity index (χ1v) is 22.1. The van der Waals surface area contributed by atoms with Gasteiger partial charge in [-0.25, -0.2) is 4.98 Å². The zero-order chi connectivity index (χ0) is 40.3. The minimum absolute atomic E-state index is 0.426. The molecule has 0 N–H and O–H groups in total. The number of fused-ring (bicyclic) bond motifs is 22. The molecule has 286 valence electrons. The van der Waals surface area contributed by atoms with Gasteiger partial charge in [-0.2, -0.15) is 0 Å². The lowest BCUT2D eigenvalue weighted by Gasteiger charge is -2.30. The van der Waals surface area contributed by atoms with Gasteiger partial charge < -0.3 is 4.42 Å². The van der Waals surface area contributed by atoms with Crippen LogP contribution in [0.15, 0.2) is 199 Å². The van der Waals surface area contributed by atoms with Gasteiger partial charge in [-0.05, 0) is 98.4 Å². The standard InChI is InChI=1S/C58H32N2OS/c1-7-22-45-35(16-1)36-17-2-8-23-46(36)58(45)47-24-9-3-18-37(47)43-31-44-42(32-48(43)58)38-19-4-10-25-49(38)59-55(44)33-14-13-15-34(30-33)60-50-29-28-40-39-20-6-12-27-52(39)62-56(40)54(50)53-41-21-5-11-26-51(41)61-57(53)60/h1-32H. The van der Waals surface area contributed by atoms with E-state index in [1.165, 1.54) is 75.5 Å². The third-order valence-electron chi connectivity index (χ3n) is 14.0. The van der Waals surface area contributed by atoms with E-state index in [1.807, 2.05) is 11.3 Å². The van der Waals surface area contributed by atoms with Crippen molar-refractivity contribution in [3.63, 3.8) is 0 Å². The largest absolute Gasteiger partial charge is 0.439 e. The van der Waals surface area contributed by atoms with Gasteiger partial charge in [-0.3, -0.25) is 4.57 Å². The Morgan fingerprint density at radius 1 is 0.452 bits per heavy atom. The summed E-state index contributed by atoms with van der Waals surface area (Å²) in [5.41, 5.74) is 17.0. The van der Waals surface area contributed by atoms with Crippen LogP contribution in [0.25, 0.3) is 114 Å². The van der Waals surface area contributed by atoms with E-state index in [2.05, 4.69) is 199 Å². The predicted octanol–water partition coefficient (Wildman–Crippen LogP) is 15.6. The van der Waals surface area contributed by atoms with Crippen LogP contribution in [0, 0.1) is 0 Å². The molecule has 3 nitrogen and oxygen atoms in total. The maximum atomic E-state index is 6.85. The maximum Gasteiger partial charge on any atom is 0.213 e. The van der Waals surface area contributed by atoms with Crippen molar-refractivity contribution < 1.29 is 4.42 Å². The van der Waals surface area contributed by atoms with Crippen LogP contribution in [0.2, 0.25) is 0 Å². The molecular weight excluding hydrogens is 773 g/mol. The lowest BCUT2D eigenvalue weighted by atomic mass is 9.70. The Kier molecular flexibility index (Phi) is 6.24. The summed E-state index contributed by atoms with van der Waals surface area (Å²) in [7, 11) is 0. The molecule has 0 bridgehead atoms. The average molecular weight is 805 g/mol. The second-order valence-electron chi connectivity index (χ2n) is 16.9. The summed E-state index contributed by atoms with van der Waals surface area (Å²) >= 11 is 1.87. The summed E-state index contributed by atoms with van der Waals surface area (Å²) in [5, 5.41) is 9.61. The lowest BCUT2D eigenvalue weighted by molar-refractivity contribution is 0.645. The van der Waals surface area contributed by atoms with Gasteiger partial charge in [0.15, 0.2) is 0 Å². The quantitative estimate of drug-likeness (QED) is 0.163. The monoisotopic (exact) mass is 804 g/mol. The maximum absolute atomic E-state index is 6.85. The number of furan rings is 1. The van der Waals surface area contributed by atoms with Crippen LogP contribution in [-0.2, 0) is 5.41 Å². The SMILES string of the molecule is c1cc(-c2nc3ccccc3c3cc4c(cc23)-c2ccccc2C42c3ccccc3-c3ccccc32)cc(-n2c3ccc4c5ccccc5sc4c3c3c4ccccc4oc32)c1. The van der Waals surface area contributed by atoms with Gasteiger partial charge in [-0.1, -0.05) is 146 Å². The van der Waals surface area contributed by atoms with E-state index < -0.39 is 5.41 Å². The second-order valence-corrected chi connectivity index (χ2v) is 18.0. The summed E-state index contributed by atoms with van der Waals surface area (Å²) in [4.78, 5) is 5.53. The number of rotatable bonds is 2. The number of aromatic nitrogens is 2. The van der Waals surface area contributed by atoms with Crippen molar-refractivity contribution in [2.24, 2.45) is 0 Å². The van der Waals surface area contributed by atoms with E-state index in [0.717, 1.165) is 60.8 Å². The molecule has 15 rings (SSSR count). The molecule has 0 atom stereocenters. The fraction of sp³-hybridized carbons (Fsp3) is 0.0172. The molecule has 0 saturated heterocycles. The lowest BCUT2D eigenvalue weighted by Crippen LogP contribution is -2.25. The summed E-state index contributed by atoms with van der Waals surface area (Å²) < 4.78 is 11.8. The Morgan fingerprint density at radius 2 is 1.11 bits per heavy atom. The molecule has 0 radical (unpaired) electrons. The molecule has 13 aromatic rings. The minimum atomic E-state index is -0.426. The highest BCUT2D eigenvalue weighted by Crippen LogP contribution is 2.63. The van der Waals surface area contributed by atoms with Gasteiger partial charge in [0.2, 0.25) is 5.71 Å². The Morgan fingerprint density at radius 3 is 1.90 bits per heavy atom. The van der Waals surface area contributed by atoms with Gasteiger partial charge in [0, 0.05) is 53.0 Å². The molecular formula is C58H32N2OS. The van der Waals surface area contributed by atoms with Crippen LogP contribution in [0.4, 0.5) is 0 Å². The molecule has 0 saturated carbocycles. The summed E-state index contributed by atoms with van der Waals surface area (Å²) in [6, 6.07) is 71.4. The number of hydrogen-bond donors (Lipinski definition) is 0. The van der Waals surface area contributed by atoms with E-state index in [9.17, 15) is 0 Å². The third-order valence-corrected chi connectivity index (χ3v) is 15.2. The van der Waals surface area contributed by atoms with Gasteiger partial charge >= 0.3 is 0 Å². The highest BCUT2D eigenvalue weighted by Gasteiger charge is 2.51. The van der Waals surface area contributed by atoms with Gasteiger partial charge in [0.05, 0.1) is 27.5 Å². The predicted molar refractivity (Wildman–Crippen MR) is 258 cm³/mol. The summed E-state index contributed by atoms with van der Waals surface area (Å²) in [6.45, 7) is 0. The van der Waals surface area contributed by atoms with Crippen molar-refractivity contribution in [3.05, 3.63) is 216 Å². The van der Waals surface area contributed by atoms with Crippen molar-refractivity contribution in [1.29, 1.82) is 0 Å². The Labute approximate surface area is 359 Å². The van der Waals surface area contributed by atoms with Crippen molar-refractivity contribution in [1.82, 2.24) is 9.55 Å². The zero-order valence-electron chi connectivity index (χ0n) is 33.2. The molecule has 0 aliphatic heterocycles. The second kappa shape index (κ2) is 11.7. The zero-order valence-corrected chi connectivity index (χ0v) is 34.0. The Hall–Kier alpha value is -7.79. The van der Waals surface area contributed by atoms with Crippen LogP contribution in [0.1, 0.15) is 22.3 Å². The van der Waals surface area contributed by atoms with Gasteiger partial charge in [0.1, 0.15) is 5.58 Å². The van der Waals surface area contributed by atoms with Crippen molar-refractivity contribution in [2.75, 3.05) is 0 Å². The van der Waals surface area contributed by atoms with Crippen LogP contribution < -0.4 is 0 Å². The number of benzene rings is 9. The molecule has 0 fully saturated rings. The fourth-order valence-corrected chi connectivity index (χ4v) is 12.8. The third kappa shape index (κ3) is 3.99. The van der Waals surface area contributed by atoms with Crippen LogP contribution in [-0.4, -0.2) is 9.55 Å². The molecule has 4 heterocycles. The van der Waals surface area contributed by atoms with Crippen LogP contribution in [0.5, 0.6) is 0 Å². The molecule has 1 spiro atoms.